The quantitative estimate of drug-likeness (QED) is 0.678. The monoisotopic (exact) mass is 370 g/mol. The third-order valence-corrected chi connectivity index (χ3v) is 5.84. The van der Waals surface area contributed by atoms with Gasteiger partial charge in [-0.1, -0.05) is 12.1 Å². The van der Waals surface area contributed by atoms with Crippen molar-refractivity contribution in [2.24, 2.45) is 0 Å². The molecule has 7 heteroatoms. The van der Waals surface area contributed by atoms with Crippen LogP contribution in [0.2, 0.25) is 0 Å². The number of rotatable bonds is 4. The highest BCUT2D eigenvalue weighted by Gasteiger charge is 2.39. The van der Waals surface area contributed by atoms with Gasteiger partial charge in [-0.3, -0.25) is 19.7 Å². The van der Waals surface area contributed by atoms with Gasteiger partial charge in [0.05, 0.1) is 0 Å². The number of carbonyl (C=O) groups is 3. The standard InChI is InChI=1S/C20H26N4O3/c1-20(2)8-13(10-22-20)21-9-12-4-3-5-14-15(12)11-24(19(14)27)16-6-7-17(25)23-18(16)26/h3-5,13,16,21-22H,6-11H2,1-2H3,(H,23,25,26). The van der Waals surface area contributed by atoms with Crippen molar-refractivity contribution in [2.45, 2.75) is 63.8 Å². The van der Waals surface area contributed by atoms with E-state index in [0.717, 1.165) is 24.1 Å². The molecule has 2 fully saturated rings. The zero-order valence-electron chi connectivity index (χ0n) is 15.8. The lowest BCUT2D eigenvalue weighted by molar-refractivity contribution is -0.136. The summed E-state index contributed by atoms with van der Waals surface area (Å²) < 4.78 is 0. The third kappa shape index (κ3) is 3.49. The van der Waals surface area contributed by atoms with Gasteiger partial charge in [-0.25, -0.2) is 0 Å². The van der Waals surface area contributed by atoms with Gasteiger partial charge in [0.2, 0.25) is 11.8 Å². The fraction of sp³-hybridized carbons (Fsp3) is 0.550. The topological polar surface area (TPSA) is 90.5 Å². The maximum Gasteiger partial charge on any atom is 0.255 e. The van der Waals surface area contributed by atoms with E-state index < -0.39 is 6.04 Å². The normalized spacial score (nSPS) is 27.0. The summed E-state index contributed by atoms with van der Waals surface area (Å²) in [7, 11) is 0. The molecule has 0 aliphatic carbocycles. The maximum absolute atomic E-state index is 12.9. The Morgan fingerprint density at radius 3 is 2.78 bits per heavy atom. The molecule has 0 aromatic heterocycles. The molecule has 1 aromatic carbocycles. The lowest BCUT2D eigenvalue weighted by Crippen LogP contribution is -2.52. The lowest BCUT2D eigenvalue weighted by Gasteiger charge is -2.29. The van der Waals surface area contributed by atoms with Gasteiger partial charge in [0.25, 0.3) is 5.91 Å². The highest BCUT2D eigenvalue weighted by Crippen LogP contribution is 2.30. The molecule has 0 radical (unpaired) electrons. The van der Waals surface area contributed by atoms with Crippen LogP contribution in [0.5, 0.6) is 0 Å². The largest absolute Gasteiger partial charge is 0.322 e. The summed E-state index contributed by atoms with van der Waals surface area (Å²) in [5, 5.41) is 9.44. The van der Waals surface area contributed by atoms with E-state index in [4.69, 9.17) is 0 Å². The van der Waals surface area contributed by atoms with Crippen LogP contribution in [0.15, 0.2) is 18.2 Å². The number of nitrogens with one attached hydrogen (secondary N) is 3. The van der Waals surface area contributed by atoms with Crippen molar-refractivity contribution in [1.29, 1.82) is 0 Å². The summed E-state index contributed by atoms with van der Waals surface area (Å²) in [5.74, 6) is -0.755. The summed E-state index contributed by atoms with van der Waals surface area (Å²) in [4.78, 5) is 38.0. The van der Waals surface area contributed by atoms with Crippen molar-refractivity contribution in [1.82, 2.24) is 20.9 Å². The van der Waals surface area contributed by atoms with E-state index in [1.807, 2.05) is 18.2 Å². The Kier molecular flexibility index (Phi) is 4.52. The van der Waals surface area contributed by atoms with Crippen LogP contribution in [0.4, 0.5) is 0 Å². The molecule has 7 nitrogen and oxygen atoms in total. The van der Waals surface area contributed by atoms with E-state index in [2.05, 4.69) is 29.8 Å². The number of amides is 3. The van der Waals surface area contributed by atoms with Crippen LogP contribution >= 0.6 is 0 Å². The summed E-state index contributed by atoms with van der Waals surface area (Å²) in [6.07, 6.45) is 1.72. The first kappa shape index (κ1) is 18.1. The highest BCUT2D eigenvalue weighted by atomic mass is 16.2. The average Bonchev–Trinajstić information content (AvgIpc) is 3.13. The Balaban J connectivity index is 1.48. The lowest BCUT2D eigenvalue weighted by atomic mass is 10.0. The molecule has 3 heterocycles. The Bertz CT molecular complexity index is 804. The van der Waals surface area contributed by atoms with Crippen LogP contribution in [0.1, 0.15) is 54.6 Å². The molecule has 3 aliphatic heterocycles. The molecule has 0 saturated carbocycles. The van der Waals surface area contributed by atoms with Gasteiger partial charge in [-0.2, -0.15) is 0 Å². The number of fused-ring (bicyclic) bond motifs is 1. The molecule has 2 atom stereocenters. The van der Waals surface area contributed by atoms with Crippen LogP contribution in [-0.4, -0.2) is 46.8 Å². The van der Waals surface area contributed by atoms with Crippen LogP contribution in [0.25, 0.3) is 0 Å². The second-order valence-electron chi connectivity index (χ2n) is 8.39. The molecule has 1 aromatic rings. The number of piperidine rings is 1. The Morgan fingerprint density at radius 2 is 2.07 bits per heavy atom. The van der Waals surface area contributed by atoms with Crippen LogP contribution in [0, 0.1) is 0 Å². The molecule has 3 aliphatic rings. The van der Waals surface area contributed by atoms with Gasteiger partial charge in [-0.05, 0) is 43.9 Å². The average molecular weight is 370 g/mol. The van der Waals surface area contributed by atoms with E-state index in [1.165, 1.54) is 0 Å². The maximum atomic E-state index is 12.9. The second-order valence-corrected chi connectivity index (χ2v) is 8.39. The smallest absolute Gasteiger partial charge is 0.255 e. The van der Waals surface area contributed by atoms with Gasteiger partial charge < -0.3 is 15.5 Å². The van der Waals surface area contributed by atoms with Gasteiger partial charge in [-0.15, -0.1) is 0 Å². The second kappa shape index (κ2) is 6.73. The third-order valence-electron chi connectivity index (χ3n) is 5.84. The number of nitrogens with zero attached hydrogens (tertiary/aromatic N) is 1. The summed E-state index contributed by atoms with van der Waals surface area (Å²) in [5.41, 5.74) is 2.91. The van der Waals surface area contributed by atoms with Crippen LogP contribution < -0.4 is 16.0 Å². The zero-order chi connectivity index (χ0) is 19.2. The fourth-order valence-corrected chi connectivity index (χ4v) is 4.37. The SMILES string of the molecule is CC1(C)CC(NCc2cccc3c2CN(C2CCC(=O)NC2=O)C3=O)CN1. The van der Waals surface area contributed by atoms with Crippen molar-refractivity contribution in [3.63, 3.8) is 0 Å². The molecule has 0 bridgehead atoms. The minimum Gasteiger partial charge on any atom is -0.322 e. The van der Waals surface area contributed by atoms with Gasteiger partial charge in [0.1, 0.15) is 6.04 Å². The molecule has 2 saturated heterocycles. The molecule has 3 N–H and O–H groups in total. The molecular formula is C20H26N4O3. The number of imide groups is 1. The molecule has 144 valence electrons. The van der Waals surface area contributed by atoms with E-state index in [9.17, 15) is 14.4 Å². The first-order chi connectivity index (χ1) is 12.8. The van der Waals surface area contributed by atoms with Crippen molar-refractivity contribution < 1.29 is 14.4 Å². The van der Waals surface area contributed by atoms with E-state index in [1.54, 1.807) is 4.90 Å². The summed E-state index contributed by atoms with van der Waals surface area (Å²) >= 11 is 0. The molecule has 27 heavy (non-hydrogen) atoms. The van der Waals surface area contributed by atoms with Crippen molar-refractivity contribution in [3.8, 4) is 0 Å². The predicted octanol–water partition coefficient (Wildman–Crippen LogP) is 0.678. The molecule has 2 unspecified atom stereocenters. The number of hydrogen-bond acceptors (Lipinski definition) is 5. The van der Waals surface area contributed by atoms with E-state index >= 15 is 0 Å². The minimum atomic E-state index is -0.566. The Morgan fingerprint density at radius 1 is 1.26 bits per heavy atom. The van der Waals surface area contributed by atoms with Gasteiger partial charge in [0.15, 0.2) is 0 Å². The first-order valence-corrected chi connectivity index (χ1v) is 9.58. The van der Waals surface area contributed by atoms with Gasteiger partial charge in [0, 0.05) is 43.2 Å². The number of benzene rings is 1. The van der Waals surface area contributed by atoms with Crippen molar-refractivity contribution in [2.75, 3.05) is 6.54 Å². The fourth-order valence-electron chi connectivity index (χ4n) is 4.37. The molecular weight excluding hydrogens is 344 g/mol. The van der Waals surface area contributed by atoms with Crippen LogP contribution in [-0.2, 0) is 22.7 Å². The molecule has 0 spiro atoms. The van der Waals surface area contributed by atoms with Crippen molar-refractivity contribution >= 4 is 17.7 Å². The zero-order valence-corrected chi connectivity index (χ0v) is 15.8. The van der Waals surface area contributed by atoms with Gasteiger partial charge >= 0.3 is 0 Å². The summed E-state index contributed by atoms with van der Waals surface area (Å²) in [6, 6.07) is 5.61. The molecule has 4 rings (SSSR count). The number of carbonyl (C=O) groups excluding carboxylic acids is 3. The van der Waals surface area contributed by atoms with Crippen molar-refractivity contribution in [3.05, 3.63) is 34.9 Å². The van der Waals surface area contributed by atoms with Crippen LogP contribution in [0.3, 0.4) is 0 Å². The van der Waals surface area contributed by atoms with E-state index in [0.29, 0.717) is 31.1 Å². The number of hydrogen-bond donors (Lipinski definition) is 3. The minimum absolute atomic E-state index is 0.120. The molecule has 3 amide bonds. The Hall–Kier alpha value is -2.25. The highest BCUT2D eigenvalue weighted by molar-refractivity contribution is 6.05. The first-order valence-electron chi connectivity index (χ1n) is 9.58. The van der Waals surface area contributed by atoms with E-state index in [-0.39, 0.29) is 29.7 Å². The Labute approximate surface area is 158 Å². The predicted molar refractivity (Wildman–Crippen MR) is 99.8 cm³/mol. The summed E-state index contributed by atoms with van der Waals surface area (Å²) in [6.45, 7) is 6.45.